The Kier molecular flexibility index (Phi) is 7.55. The van der Waals surface area contributed by atoms with Gasteiger partial charge in [-0.25, -0.2) is 4.39 Å². The molecule has 2 aromatic rings. The number of halogens is 6. The van der Waals surface area contributed by atoms with Gasteiger partial charge in [0.1, 0.15) is 5.82 Å². The smallest absolute Gasteiger partial charge is 0.351 e. The van der Waals surface area contributed by atoms with Gasteiger partial charge in [-0.1, -0.05) is 50.0 Å². The second-order valence-electron chi connectivity index (χ2n) is 7.76. The van der Waals surface area contributed by atoms with E-state index in [9.17, 15) is 27.2 Å². The largest absolute Gasteiger partial charge is 0.417 e. The van der Waals surface area contributed by atoms with Gasteiger partial charge in [0.25, 0.3) is 0 Å². The molecule has 0 heterocycles. The summed E-state index contributed by atoms with van der Waals surface area (Å²) >= 11 is 11.6. The van der Waals surface area contributed by atoms with E-state index >= 15 is 0 Å². The lowest BCUT2D eigenvalue weighted by molar-refractivity contribution is -0.137. The number of nitrogens with one attached hydrogen (secondary N) is 1. The third-order valence-corrected chi connectivity index (χ3v) is 4.94. The predicted molar refractivity (Wildman–Crippen MR) is 113 cm³/mol. The van der Waals surface area contributed by atoms with Gasteiger partial charge in [0.2, 0.25) is 5.91 Å². The zero-order valence-corrected chi connectivity index (χ0v) is 18.3. The highest BCUT2D eigenvalue weighted by molar-refractivity contribution is 6.32. The van der Waals surface area contributed by atoms with Crippen molar-refractivity contribution in [1.82, 2.24) is 5.32 Å². The molecule has 2 aromatic carbocycles. The van der Waals surface area contributed by atoms with Crippen molar-refractivity contribution in [2.45, 2.75) is 33.5 Å². The van der Waals surface area contributed by atoms with Crippen LogP contribution in [0.15, 0.2) is 36.4 Å². The monoisotopic (exact) mass is 475 g/mol. The highest BCUT2D eigenvalue weighted by Crippen LogP contribution is 2.35. The second kappa shape index (κ2) is 9.40. The van der Waals surface area contributed by atoms with Gasteiger partial charge in [-0.05, 0) is 36.4 Å². The maximum Gasteiger partial charge on any atom is 0.417 e. The summed E-state index contributed by atoms with van der Waals surface area (Å²) in [6, 6.07) is 5.54. The van der Waals surface area contributed by atoms with Crippen LogP contribution >= 0.6 is 23.2 Å². The summed E-state index contributed by atoms with van der Waals surface area (Å²) in [5.74, 6) is -1.82. The van der Waals surface area contributed by atoms with Crippen LogP contribution in [0.3, 0.4) is 0 Å². The average Bonchev–Trinajstić information content (AvgIpc) is 2.65. The van der Waals surface area contributed by atoms with E-state index in [2.05, 4.69) is 5.32 Å². The minimum absolute atomic E-state index is 0.000431. The molecule has 1 amide bonds. The van der Waals surface area contributed by atoms with Crippen LogP contribution in [0.5, 0.6) is 0 Å². The normalized spacial score (nSPS) is 12.3. The van der Waals surface area contributed by atoms with Crippen LogP contribution in [0, 0.1) is 11.2 Å². The van der Waals surface area contributed by atoms with Crippen molar-refractivity contribution < 1.29 is 27.2 Å². The Bertz CT molecular complexity index is 1040. The molecule has 3 nitrogen and oxygen atoms in total. The Hall–Kier alpha value is -2.38. The van der Waals surface area contributed by atoms with Crippen LogP contribution in [-0.4, -0.2) is 11.7 Å². The summed E-state index contributed by atoms with van der Waals surface area (Å²) in [7, 11) is 0. The lowest BCUT2D eigenvalue weighted by Gasteiger charge is -2.18. The topological polar surface area (TPSA) is 46.2 Å². The Labute approximate surface area is 187 Å². The quantitative estimate of drug-likeness (QED) is 0.296. The molecule has 0 saturated carbocycles. The maximum absolute atomic E-state index is 14.8. The van der Waals surface area contributed by atoms with E-state index in [0.717, 1.165) is 24.3 Å². The number of carbonyl (C=O) groups excluding carboxylic acids is 2. The molecule has 31 heavy (non-hydrogen) atoms. The van der Waals surface area contributed by atoms with E-state index in [1.807, 2.05) is 0 Å². The van der Waals surface area contributed by atoms with Crippen LogP contribution in [0.2, 0.25) is 10.0 Å². The number of hydrogen-bond donors (Lipinski definition) is 1. The Morgan fingerprint density at radius 1 is 1.03 bits per heavy atom. The Morgan fingerprint density at radius 3 is 2.23 bits per heavy atom. The second-order valence-corrected chi connectivity index (χ2v) is 8.57. The first-order valence-corrected chi connectivity index (χ1v) is 9.81. The summed E-state index contributed by atoms with van der Waals surface area (Å²) in [6.45, 7) is 5.03. The van der Waals surface area contributed by atoms with Crippen LogP contribution in [0.4, 0.5) is 17.6 Å². The van der Waals surface area contributed by atoms with E-state index in [-0.39, 0.29) is 34.2 Å². The van der Waals surface area contributed by atoms with E-state index in [1.54, 1.807) is 20.8 Å². The number of amides is 1. The summed E-state index contributed by atoms with van der Waals surface area (Å²) in [5, 5.41) is 2.08. The minimum atomic E-state index is -4.72. The number of rotatable bonds is 5. The van der Waals surface area contributed by atoms with Crippen molar-refractivity contribution >= 4 is 41.0 Å². The minimum Gasteiger partial charge on any atom is -0.351 e. The molecule has 0 saturated heterocycles. The van der Waals surface area contributed by atoms with Crippen molar-refractivity contribution in [2.75, 3.05) is 0 Å². The first kappa shape index (κ1) is 24.9. The molecule has 166 valence electrons. The molecule has 0 aromatic heterocycles. The summed E-state index contributed by atoms with van der Waals surface area (Å²) in [5.41, 5.74) is -2.05. The fraction of sp³-hybridized carbons (Fsp3) is 0.273. The van der Waals surface area contributed by atoms with Gasteiger partial charge >= 0.3 is 6.18 Å². The maximum atomic E-state index is 14.8. The van der Waals surface area contributed by atoms with Crippen LogP contribution in [0.25, 0.3) is 6.08 Å². The van der Waals surface area contributed by atoms with Gasteiger partial charge < -0.3 is 5.32 Å². The SMILES string of the molecule is CC(C)(C)C(=O)NCc1ccc(Cl)c(C=CC(=O)c2ccc(Cl)c(C(F)(F)F)c2)c1F. The third kappa shape index (κ3) is 6.31. The van der Waals surface area contributed by atoms with Crippen LogP contribution in [-0.2, 0) is 17.5 Å². The number of carbonyl (C=O) groups is 2. The van der Waals surface area contributed by atoms with Gasteiger partial charge in [-0.15, -0.1) is 0 Å². The molecule has 0 bridgehead atoms. The average molecular weight is 476 g/mol. The lowest BCUT2D eigenvalue weighted by Crippen LogP contribution is -2.34. The van der Waals surface area contributed by atoms with Crippen molar-refractivity contribution in [1.29, 1.82) is 0 Å². The van der Waals surface area contributed by atoms with Crippen molar-refractivity contribution in [2.24, 2.45) is 5.41 Å². The van der Waals surface area contributed by atoms with Crippen LogP contribution < -0.4 is 5.32 Å². The molecule has 0 radical (unpaired) electrons. The molecular formula is C22H19Cl2F4NO2. The van der Waals surface area contributed by atoms with Crippen molar-refractivity contribution in [3.05, 3.63) is 74.5 Å². The molecule has 1 N–H and O–H groups in total. The van der Waals surface area contributed by atoms with Crippen LogP contribution in [0.1, 0.15) is 47.8 Å². The van der Waals surface area contributed by atoms with E-state index < -0.39 is 33.8 Å². The molecule has 0 aliphatic rings. The fourth-order valence-electron chi connectivity index (χ4n) is 2.50. The van der Waals surface area contributed by atoms with Gasteiger partial charge in [0.05, 0.1) is 15.6 Å². The van der Waals surface area contributed by atoms with Gasteiger partial charge in [0, 0.05) is 28.7 Å². The standard InChI is InChI=1S/C22H19Cl2F4NO2/c1-21(2,3)20(31)29-11-13-5-7-16(23)14(19(13)25)6-9-18(30)12-4-8-17(24)15(10-12)22(26,27)28/h4-10H,11H2,1-3H3,(H,29,31). The Morgan fingerprint density at radius 2 is 1.65 bits per heavy atom. The lowest BCUT2D eigenvalue weighted by atomic mass is 9.95. The van der Waals surface area contributed by atoms with Crippen molar-refractivity contribution in [3.8, 4) is 0 Å². The Balaban J connectivity index is 2.28. The molecule has 0 spiro atoms. The van der Waals surface area contributed by atoms with Crippen molar-refractivity contribution in [3.63, 3.8) is 0 Å². The van der Waals surface area contributed by atoms with Gasteiger partial charge in [0.15, 0.2) is 5.78 Å². The van der Waals surface area contributed by atoms with E-state index in [0.29, 0.717) is 6.07 Å². The zero-order valence-electron chi connectivity index (χ0n) is 16.8. The molecule has 0 aliphatic carbocycles. The highest BCUT2D eigenvalue weighted by atomic mass is 35.5. The number of hydrogen-bond acceptors (Lipinski definition) is 2. The molecule has 0 atom stereocenters. The first-order chi connectivity index (χ1) is 14.2. The van der Waals surface area contributed by atoms with E-state index in [4.69, 9.17) is 23.2 Å². The summed E-state index contributed by atoms with van der Waals surface area (Å²) < 4.78 is 53.8. The fourth-order valence-corrected chi connectivity index (χ4v) is 2.93. The molecule has 0 aliphatic heterocycles. The zero-order chi connectivity index (χ0) is 23.6. The molecule has 2 rings (SSSR count). The summed E-state index contributed by atoms with van der Waals surface area (Å²) in [4.78, 5) is 24.3. The highest BCUT2D eigenvalue weighted by Gasteiger charge is 2.33. The molecule has 0 unspecified atom stereocenters. The van der Waals surface area contributed by atoms with Gasteiger partial charge in [-0.3, -0.25) is 9.59 Å². The molecular weight excluding hydrogens is 457 g/mol. The number of ketones is 1. The predicted octanol–water partition coefficient (Wildman–Crippen LogP) is 6.71. The summed E-state index contributed by atoms with van der Waals surface area (Å²) in [6.07, 6.45) is -2.72. The number of alkyl halides is 3. The number of allylic oxidation sites excluding steroid dienone is 1. The number of benzene rings is 2. The third-order valence-electron chi connectivity index (χ3n) is 4.28. The van der Waals surface area contributed by atoms with Gasteiger partial charge in [-0.2, -0.15) is 13.2 Å². The molecule has 0 fully saturated rings. The van der Waals surface area contributed by atoms with E-state index in [1.165, 1.54) is 12.1 Å². The molecule has 9 heteroatoms. The first-order valence-electron chi connectivity index (χ1n) is 9.06.